The number of aromatic nitrogens is 6. The topological polar surface area (TPSA) is 77.3 Å². The smallest absolute Gasteiger partial charge is 0.181 e. The molecule has 0 N–H and O–H groups in total. The molecule has 0 aliphatic carbocycles. The number of benzene rings is 9. The minimum atomic E-state index is -2.50. The van der Waals surface area contributed by atoms with Crippen molar-refractivity contribution in [3.05, 3.63) is 407 Å². The Balaban J connectivity index is 0.000000173. The Kier molecular flexibility index (Phi) is 31.4. The van der Waals surface area contributed by atoms with E-state index in [1.54, 1.807) is 24.8 Å². The van der Waals surface area contributed by atoms with E-state index in [0.717, 1.165) is 67.5 Å². The molecule has 0 aliphatic heterocycles. The molecule has 15 rings (SSSR count). The van der Waals surface area contributed by atoms with Gasteiger partial charge in [-0.1, -0.05) is 183 Å². The fraction of sp³-hybridized carbons (Fsp3) is 0.0345. The van der Waals surface area contributed by atoms with Crippen molar-refractivity contribution < 1.29 is 60.3 Å². The molecule has 0 spiro atoms. The summed E-state index contributed by atoms with van der Waals surface area (Å²) in [7, 11) is -3.73. The Hall–Kier alpha value is -9.74. The predicted octanol–water partition coefficient (Wildman–Crippen LogP) is 17.2. The SMILES string of the molecule is C[Si](C)(C)c1ccc(-c2[c-]cccc2)nc1.[Ir].[Ir].[Ir].[c-]1ccccc1-c1ccc([Si](c2ccccc2)(c2ccccc2)c2ccccc2)cn1.[c-]1ccccc1-c1ccccn1.[c-]1ccccc1-c1ccccn1.[c-]1ccccc1-c1ccccn1.[c-]1ccccc1-c1ccccn1. The van der Waals surface area contributed by atoms with Crippen LogP contribution < -0.4 is 25.9 Å². The van der Waals surface area contributed by atoms with Gasteiger partial charge < -0.3 is 29.9 Å². The molecule has 15 aromatic rings. The summed E-state index contributed by atoms with van der Waals surface area (Å²) in [4.78, 5) is 26.3. The average molecular weight is 1830 g/mol. The summed E-state index contributed by atoms with van der Waals surface area (Å²) >= 11 is 0. The summed E-state index contributed by atoms with van der Waals surface area (Å²) in [6.45, 7) is 7.00. The summed E-state index contributed by atoms with van der Waals surface area (Å²) in [5.41, 5.74) is 12.1. The van der Waals surface area contributed by atoms with Crippen LogP contribution in [0.1, 0.15) is 0 Å². The van der Waals surface area contributed by atoms with Gasteiger partial charge in [0.05, 0.1) is 8.07 Å². The maximum absolute atomic E-state index is 4.89. The molecule has 0 fully saturated rings. The summed E-state index contributed by atoms with van der Waals surface area (Å²) in [6.07, 6.45) is 11.2. The molecule has 6 aromatic heterocycles. The number of hydrogen-bond acceptors (Lipinski definition) is 6. The Bertz CT molecular complexity index is 3990. The van der Waals surface area contributed by atoms with E-state index in [1.807, 2.05) is 219 Å². The second kappa shape index (κ2) is 40.7. The largest absolute Gasteiger partial charge is 0.305 e. The number of pyridine rings is 6. The van der Waals surface area contributed by atoms with Crippen LogP contribution in [-0.4, -0.2) is 46.1 Å². The molecule has 6 heterocycles. The molecule has 3 radical (unpaired) electrons. The molecule has 0 saturated carbocycles. The molecule has 9 aromatic carbocycles. The third-order valence-corrected chi connectivity index (χ3v) is 21.8. The van der Waals surface area contributed by atoms with Crippen LogP contribution >= 0.6 is 0 Å². The van der Waals surface area contributed by atoms with Crippen molar-refractivity contribution in [2.75, 3.05) is 0 Å². The third kappa shape index (κ3) is 22.1. The predicted molar refractivity (Wildman–Crippen MR) is 398 cm³/mol. The van der Waals surface area contributed by atoms with Crippen LogP contribution in [0.5, 0.6) is 0 Å². The first-order valence-electron chi connectivity index (χ1n) is 31.4. The molecule has 0 aliphatic rings. The minimum Gasteiger partial charge on any atom is -0.305 e. The van der Waals surface area contributed by atoms with E-state index in [2.05, 4.69) is 208 Å². The molecule has 6 nitrogen and oxygen atoms in total. The zero-order valence-corrected chi connectivity index (χ0v) is 63.6. The molecule has 489 valence electrons. The molecular weight excluding hydrogens is 1760 g/mol. The van der Waals surface area contributed by atoms with E-state index in [-0.39, 0.29) is 60.3 Å². The zero-order valence-electron chi connectivity index (χ0n) is 54.4. The van der Waals surface area contributed by atoms with Crippen LogP contribution in [-0.2, 0) is 60.3 Å². The quantitative estimate of drug-likeness (QED) is 0.0729. The Morgan fingerprint density at radius 1 is 0.204 bits per heavy atom. The first kappa shape index (κ1) is 75.6. The van der Waals surface area contributed by atoms with Crippen molar-refractivity contribution >= 4 is 42.1 Å². The Morgan fingerprint density at radius 3 is 0.622 bits per heavy atom. The van der Waals surface area contributed by atoms with E-state index in [0.29, 0.717) is 0 Å². The van der Waals surface area contributed by atoms with Crippen molar-refractivity contribution in [1.29, 1.82) is 0 Å². The number of rotatable bonds is 11. The van der Waals surface area contributed by atoms with Crippen LogP contribution in [0.25, 0.3) is 67.5 Å². The van der Waals surface area contributed by atoms with Crippen LogP contribution in [0.4, 0.5) is 0 Å². The molecule has 0 amide bonds. The minimum absolute atomic E-state index is 0. The monoisotopic (exact) mass is 1830 g/mol. The van der Waals surface area contributed by atoms with Gasteiger partial charge in [0.15, 0.2) is 8.07 Å². The van der Waals surface area contributed by atoms with E-state index in [9.17, 15) is 0 Å². The normalized spacial score (nSPS) is 10.2. The van der Waals surface area contributed by atoms with Crippen molar-refractivity contribution in [3.63, 3.8) is 0 Å². The maximum atomic E-state index is 4.89. The number of hydrogen-bond donors (Lipinski definition) is 0. The third-order valence-electron chi connectivity index (χ3n) is 15.0. The summed E-state index contributed by atoms with van der Waals surface area (Å²) in [6, 6.07) is 131. The van der Waals surface area contributed by atoms with Crippen molar-refractivity contribution in [2.45, 2.75) is 19.6 Å². The summed E-state index contributed by atoms with van der Waals surface area (Å²) in [5, 5.41) is 6.73. The van der Waals surface area contributed by atoms with Gasteiger partial charge in [-0.3, -0.25) is 0 Å². The maximum Gasteiger partial charge on any atom is 0.181 e. The molecule has 11 heteroatoms. The molecular formula is C87H70Ir3N6Si2-6. The Morgan fingerprint density at radius 2 is 0.429 bits per heavy atom. The molecule has 98 heavy (non-hydrogen) atoms. The first-order valence-corrected chi connectivity index (χ1v) is 36.9. The van der Waals surface area contributed by atoms with Gasteiger partial charge in [0.2, 0.25) is 0 Å². The second-order valence-corrected chi connectivity index (χ2v) is 31.4. The van der Waals surface area contributed by atoms with Gasteiger partial charge >= 0.3 is 0 Å². The average Bonchev–Trinajstić information content (AvgIpc) is 0.738. The zero-order chi connectivity index (χ0) is 65.4. The van der Waals surface area contributed by atoms with E-state index >= 15 is 0 Å². The van der Waals surface area contributed by atoms with Crippen LogP contribution in [0.3, 0.4) is 0 Å². The second-order valence-electron chi connectivity index (χ2n) is 22.5. The van der Waals surface area contributed by atoms with Crippen LogP contribution in [0, 0.1) is 36.4 Å². The van der Waals surface area contributed by atoms with Crippen molar-refractivity contribution in [3.8, 4) is 67.5 Å². The summed E-state index contributed by atoms with van der Waals surface area (Å²) < 4.78 is 0. The standard InChI is InChI=1S/C29H22NSi.C14H16NSi.4C11H8N.3Ir/c1-5-13-24(14-6-1)29-22-21-28(23-30-29)31(25-15-7-2-8-16-25,26-17-9-3-10-18-26)27-19-11-4-12-20-27;1-16(2,3)13-9-10-14(15-11-13)12-7-5-4-6-8-12;4*1-2-6-10(7-3-1)11-8-4-5-9-12-11;;;/h1-13,15-23H;4-7,9-11H,1-3H3;4*1-6,8-9H;;;/q6*-1;;;. The molecule has 0 unspecified atom stereocenters. The van der Waals surface area contributed by atoms with E-state index in [1.165, 1.54) is 25.9 Å². The van der Waals surface area contributed by atoms with Crippen molar-refractivity contribution in [2.24, 2.45) is 0 Å². The van der Waals surface area contributed by atoms with Gasteiger partial charge in [0.25, 0.3) is 0 Å². The molecule has 0 bridgehead atoms. The van der Waals surface area contributed by atoms with Crippen LogP contribution in [0.2, 0.25) is 19.6 Å². The summed E-state index contributed by atoms with van der Waals surface area (Å²) in [5.74, 6) is 0. The molecule has 0 saturated heterocycles. The van der Waals surface area contributed by atoms with Gasteiger partial charge in [0.1, 0.15) is 0 Å². The first-order chi connectivity index (χ1) is 46.8. The van der Waals surface area contributed by atoms with Gasteiger partial charge in [-0.05, 0) is 84.4 Å². The van der Waals surface area contributed by atoms with Gasteiger partial charge in [-0.15, -0.1) is 215 Å². The van der Waals surface area contributed by atoms with Gasteiger partial charge in [-0.25, -0.2) is 0 Å². The van der Waals surface area contributed by atoms with E-state index < -0.39 is 16.1 Å². The fourth-order valence-electron chi connectivity index (χ4n) is 10.2. The Labute approximate surface area is 621 Å². The van der Waals surface area contributed by atoms with Gasteiger partial charge in [0, 0.05) is 97.5 Å². The van der Waals surface area contributed by atoms with Crippen molar-refractivity contribution in [1.82, 2.24) is 29.9 Å². The van der Waals surface area contributed by atoms with Gasteiger partial charge in [-0.2, -0.15) is 0 Å². The van der Waals surface area contributed by atoms with Crippen LogP contribution in [0.15, 0.2) is 371 Å². The fourth-order valence-corrected chi connectivity index (χ4v) is 15.9. The molecule has 0 atom stereocenters. The van der Waals surface area contributed by atoms with E-state index in [4.69, 9.17) is 4.98 Å². The number of nitrogens with zero attached hydrogens (tertiary/aromatic N) is 6.